The normalized spacial score (nSPS) is 12.3. The second-order valence-corrected chi connectivity index (χ2v) is 5.59. The van der Waals surface area contributed by atoms with Gasteiger partial charge in [-0.05, 0) is 19.5 Å². The highest BCUT2D eigenvalue weighted by Gasteiger charge is 2.19. The van der Waals surface area contributed by atoms with Crippen molar-refractivity contribution in [1.29, 1.82) is 0 Å². The molecular weight excluding hydrogens is 228 g/mol. The Labute approximate surface area is 107 Å². The highest BCUT2D eigenvalue weighted by molar-refractivity contribution is 5.61. The van der Waals surface area contributed by atoms with E-state index in [4.69, 9.17) is 0 Å². The Hall–Kier alpha value is -1.69. The van der Waals surface area contributed by atoms with Gasteiger partial charge in [-0.2, -0.15) is 0 Å². The minimum atomic E-state index is 0.165. The first-order valence-electron chi connectivity index (χ1n) is 6.01. The summed E-state index contributed by atoms with van der Waals surface area (Å²) in [4.78, 5) is 6.50. The van der Waals surface area contributed by atoms with Crippen molar-refractivity contribution in [3.8, 4) is 0 Å². The molecule has 2 aromatic rings. The van der Waals surface area contributed by atoms with Gasteiger partial charge < -0.3 is 10.2 Å². The van der Waals surface area contributed by atoms with Crippen LogP contribution in [0.4, 0.5) is 5.82 Å². The number of rotatable bonds is 5. The zero-order chi connectivity index (χ0) is 13.2. The molecule has 0 radical (unpaired) electrons. The number of fused-ring (bicyclic) bond motifs is 1. The largest absolute Gasteiger partial charge is 0.366 e. The number of anilines is 1. The monoisotopic (exact) mass is 248 g/mol. The molecule has 2 rings (SSSR count). The fourth-order valence-corrected chi connectivity index (χ4v) is 2.12. The van der Waals surface area contributed by atoms with Crippen molar-refractivity contribution < 1.29 is 0 Å². The zero-order valence-electron chi connectivity index (χ0n) is 11.4. The van der Waals surface area contributed by atoms with E-state index in [0.29, 0.717) is 0 Å². The van der Waals surface area contributed by atoms with Gasteiger partial charge in [-0.1, -0.05) is 13.8 Å². The number of nitrogens with one attached hydrogen (secondary N) is 1. The Bertz CT molecular complexity index is 516. The first kappa shape index (κ1) is 12.8. The summed E-state index contributed by atoms with van der Waals surface area (Å²) in [5.74, 6) is 0.779. The smallest absolute Gasteiger partial charge is 0.203 e. The molecule has 2 heterocycles. The van der Waals surface area contributed by atoms with Crippen LogP contribution in [0.3, 0.4) is 0 Å². The average molecular weight is 248 g/mol. The van der Waals surface area contributed by atoms with Gasteiger partial charge in [-0.3, -0.25) is 4.40 Å². The summed E-state index contributed by atoms with van der Waals surface area (Å²) in [6.07, 6.45) is 5.26. The molecular formula is C12H20N6. The summed E-state index contributed by atoms with van der Waals surface area (Å²) < 4.78 is 1.86. The molecule has 6 heteroatoms. The molecule has 0 aromatic carbocycles. The van der Waals surface area contributed by atoms with Crippen molar-refractivity contribution >= 4 is 11.5 Å². The van der Waals surface area contributed by atoms with Gasteiger partial charge in [-0.25, -0.2) is 4.98 Å². The van der Waals surface area contributed by atoms with E-state index in [1.54, 1.807) is 12.5 Å². The SMILES string of the molecule is CN(C)CC(C)(C)CNc1nccn2cnnc12. The first-order chi connectivity index (χ1) is 8.48. The molecule has 0 saturated heterocycles. The summed E-state index contributed by atoms with van der Waals surface area (Å²) in [5.41, 5.74) is 0.927. The fourth-order valence-electron chi connectivity index (χ4n) is 2.12. The van der Waals surface area contributed by atoms with Gasteiger partial charge >= 0.3 is 0 Å². The maximum Gasteiger partial charge on any atom is 0.203 e. The minimum absolute atomic E-state index is 0.165. The first-order valence-corrected chi connectivity index (χ1v) is 6.01. The van der Waals surface area contributed by atoms with Crippen LogP contribution in [0.2, 0.25) is 0 Å². The lowest BCUT2D eigenvalue weighted by molar-refractivity contribution is 0.254. The molecule has 98 valence electrons. The van der Waals surface area contributed by atoms with Crippen LogP contribution in [0.15, 0.2) is 18.7 Å². The van der Waals surface area contributed by atoms with Crippen molar-refractivity contribution in [2.24, 2.45) is 5.41 Å². The third kappa shape index (κ3) is 2.95. The van der Waals surface area contributed by atoms with E-state index in [1.165, 1.54) is 0 Å². The molecule has 0 atom stereocenters. The van der Waals surface area contributed by atoms with Crippen LogP contribution in [0.25, 0.3) is 5.65 Å². The molecule has 0 aliphatic heterocycles. The van der Waals surface area contributed by atoms with Gasteiger partial charge in [0, 0.05) is 25.5 Å². The van der Waals surface area contributed by atoms with Crippen molar-refractivity contribution in [1.82, 2.24) is 24.5 Å². The molecule has 0 bridgehead atoms. The molecule has 0 unspecified atom stereocenters. The number of hydrogen-bond acceptors (Lipinski definition) is 5. The lowest BCUT2D eigenvalue weighted by Gasteiger charge is -2.28. The third-order valence-corrected chi connectivity index (χ3v) is 2.69. The predicted octanol–water partition coefficient (Wildman–Crippen LogP) is 1.12. The number of hydrogen-bond donors (Lipinski definition) is 1. The molecule has 0 aliphatic rings. The highest BCUT2D eigenvalue weighted by atomic mass is 15.2. The van der Waals surface area contributed by atoms with Crippen LogP contribution < -0.4 is 5.32 Å². The van der Waals surface area contributed by atoms with E-state index in [1.807, 2.05) is 10.6 Å². The van der Waals surface area contributed by atoms with Crippen LogP contribution in [0, 0.1) is 5.41 Å². The lowest BCUT2D eigenvalue weighted by Crippen LogP contribution is -2.34. The predicted molar refractivity (Wildman–Crippen MR) is 71.6 cm³/mol. The van der Waals surface area contributed by atoms with Gasteiger partial charge in [0.05, 0.1) is 0 Å². The fraction of sp³-hybridized carbons (Fsp3) is 0.583. The van der Waals surface area contributed by atoms with E-state index < -0.39 is 0 Å². The number of aromatic nitrogens is 4. The van der Waals surface area contributed by atoms with Crippen LogP contribution >= 0.6 is 0 Å². The van der Waals surface area contributed by atoms with E-state index in [9.17, 15) is 0 Å². The van der Waals surface area contributed by atoms with Crippen molar-refractivity contribution in [2.75, 3.05) is 32.5 Å². The molecule has 0 spiro atoms. The van der Waals surface area contributed by atoms with Crippen LogP contribution in [-0.2, 0) is 0 Å². The van der Waals surface area contributed by atoms with Crippen molar-refractivity contribution in [3.63, 3.8) is 0 Å². The maximum absolute atomic E-state index is 4.31. The van der Waals surface area contributed by atoms with E-state index in [0.717, 1.165) is 24.6 Å². The average Bonchev–Trinajstić information content (AvgIpc) is 2.72. The second kappa shape index (κ2) is 4.89. The Morgan fingerprint density at radius 2 is 2.17 bits per heavy atom. The number of nitrogens with zero attached hydrogens (tertiary/aromatic N) is 5. The molecule has 0 fully saturated rings. The molecule has 18 heavy (non-hydrogen) atoms. The Kier molecular flexibility index (Phi) is 3.47. The van der Waals surface area contributed by atoms with E-state index >= 15 is 0 Å². The van der Waals surface area contributed by atoms with Crippen LogP contribution in [-0.4, -0.2) is 51.7 Å². The Morgan fingerprint density at radius 1 is 1.39 bits per heavy atom. The summed E-state index contributed by atoms with van der Waals surface area (Å²) in [7, 11) is 4.17. The topological polar surface area (TPSA) is 58.4 Å². The lowest BCUT2D eigenvalue weighted by atomic mass is 9.93. The summed E-state index contributed by atoms with van der Waals surface area (Å²) in [6.45, 7) is 6.30. The highest BCUT2D eigenvalue weighted by Crippen LogP contribution is 2.18. The molecule has 6 nitrogen and oxygen atoms in total. The standard InChI is InChI=1S/C12H20N6/c1-12(2,8-17(3)4)7-14-10-11-16-15-9-18(11)6-5-13-10/h5-6,9H,7-8H2,1-4H3,(H,13,14). The Morgan fingerprint density at radius 3 is 2.89 bits per heavy atom. The minimum Gasteiger partial charge on any atom is -0.366 e. The van der Waals surface area contributed by atoms with E-state index in [2.05, 4.69) is 53.3 Å². The van der Waals surface area contributed by atoms with Crippen LogP contribution in [0.1, 0.15) is 13.8 Å². The zero-order valence-corrected chi connectivity index (χ0v) is 11.4. The molecule has 0 aliphatic carbocycles. The third-order valence-electron chi connectivity index (χ3n) is 2.69. The van der Waals surface area contributed by atoms with Crippen molar-refractivity contribution in [3.05, 3.63) is 18.7 Å². The summed E-state index contributed by atoms with van der Waals surface area (Å²) >= 11 is 0. The van der Waals surface area contributed by atoms with E-state index in [-0.39, 0.29) is 5.41 Å². The van der Waals surface area contributed by atoms with Gasteiger partial charge in [0.2, 0.25) is 5.65 Å². The van der Waals surface area contributed by atoms with Crippen LogP contribution in [0.5, 0.6) is 0 Å². The van der Waals surface area contributed by atoms with Gasteiger partial charge in [0.25, 0.3) is 0 Å². The summed E-state index contributed by atoms with van der Waals surface area (Å²) in [5, 5.41) is 11.3. The molecule has 2 aromatic heterocycles. The van der Waals surface area contributed by atoms with Gasteiger partial charge in [0.1, 0.15) is 6.33 Å². The van der Waals surface area contributed by atoms with Gasteiger partial charge in [0.15, 0.2) is 5.82 Å². The Balaban J connectivity index is 2.08. The van der Waals surface area contributed by atoms with Crippen molar-refractivity contribution in [2.45, 2.75) is 13.8 Å². The maximum atomic E-state index is 4.31. The second-order valence-electron chi connectivity index (χ2n) is 5.59. The molecule has 0 saturated carbocycles. The summed E-state index contributed by atoms with van der Waals surface area (Å²) in [6, 6.07) is 0. The van der Waals surface area contributed by atoms with Gasteiger partial charge in [-0.15, -0.1) is 10.2 Å². The molecule has 1 N–H and O–H groups in total. The molecule has 0 amide bonds. The quantitative estimate of drug-likeness (QED) is 0.859.